The van der Waals surface area contributed by atoms with Crippen LogP contribution in [0.1, 0.15) is 71.7 Å². The summed E-state index contributed by atoms with van der Waals surface area (Å²) in [5.74, 6) is 1.31. The molecule has 0 amide bonds. The van der Waals surface area contributed by atoms with Crippen molar-refractivity contribution in [3.05, 3.63) is 11.7 Å². The van der Waals surface area contributed by atoms with Crippen LogP contribution in [0.15, 0.2) is 4.52 Å². The van der Waals surface area contributed by atoms with Crippen molar-refractivity contribution >= 4 is 0 Å². The van der Waals surface area contributed by atoms with E-state index >= 15 is 0 Å². The molecule has 1 heterocycles. The molecule has 1 aromatic rings. The fourth-order valence-electron chi connectivity index (χ4n) is 2.38. The smallest absolute Gasteiger partial charge is 0.231 e. The van der Waals surface area contributed by atoms with E-state index in [1.165, 1.54) is 0 Å². The van der Waals surface area contributed by atoms with Crippen molar-refractivity contribution in [2.24, 2.45) is 16.6 Å². The van der Waals surface area contributed by atoms with Crippen LogP contribution in [0.2, 0.25) is 0 Å². The third kappa shape index (κ3) is 4.56. The van der Waals surface area contributed by atoms with Gasteiger partial charge in [0.05, 0.1) is 5.92 Å². The van der Waals surface area contributed by atoms with Crippen molar-refractivity contribution < 1.29 is 9.26 Å². The molecule has 0 radical (unpaired) electrons. The number of rotatable bonds is 5. The summed E-state index contributed by atoms with van der Waals surface area (Å²) in [6, 6.07) is 0. The average molecular weight is 283 g/mol. The van der Waals surface area contributed by atoms with Gasteiger partial charge in [-0.05, 0) is 17.3 Å². The molecule has 0 saturated heterocycles. The molecule has 1 rings (SSSR count). The highest BCUT2D eigenvalue weighted by atomic mass is 16.5. The van der Waals surface area contributed by atoms with Crippen LogP contribution < -0.4 is 5.73 Å². The molecule has 2 N–H and O–H groups in total. The molecule has 0 fully saturated rings. The molecule has 20 heavy (non-hydrogen) atoms. The maximum atomic E-state index is 5.86. The number of methoxy groups -OCH3 is 1. The Hall–Kier alpha value is -0.940. The lowest BCUT2D eigenvalue weighted by Crippen LogP contribution is -2.22. The van der Waals surface area contributed by atoms with Gasteiger partial charge in [-0.25, -0.2) is 0 Å². The molecule has 0 spiro atoms. The molecule has 0 bridgehead atoms. The fraction of sp³-hybridized carbons (Fsp3) is 0.867. The highest BCUT2D eigenvalue weighted by molar-refractivity contribution is 5.01. The van der Waals surface area contributed by atoms with Crippen molar-refractivity contribution in [1.29, 1.82) is 0 Å². The second-order valence-electron chi connectivity index (χ2n) is 7.67. The van der Waals surface area contributed by atoms with Gasteiger partial charge in [0.2, 0.25) is 11.7 Å². The quantitative estimate of drug-likeness (QED) is 0.897. The average Bonchev–Trinajstić information content (AvgIpc) is 2.72. The van der Waals surface area contributed by atoms with E-state index in [1.807, 2.05) is 0 Å². The van der Waals surface area contributed by atoms with Gasteiger partial charge < -0.3 is 15.0 Å². The van der Waals surface area contributed by atoms with Crippen molar-refractivity contribution in [1.82, 2.24) is 10.1 Å². The number of hydrogen-bond acceptors (Lipinski definition) is 5. The number of nitrogens with zero attached hydrogens (tertiary/aromatic N) is 2. The standard InChI is InChI=1S/C15H29N3O2/c1-14(2,3)8-10(9-16)13-17-12(18-20-13)11(19-7)15(4,5)6/h10-11H,8-9,16H2,1-7H3. The number of hydrogen-bond donors (Lipinski definition) is 1. The Morgan fingerprint density at radius 1 is 1.20 bits per heavy atom. The summed E-state index contributed by atoms with van der Waals surface area (Å²) in [6.45, 7) is 13.3. The Balaban J connectivity index is 2.95. The van der Waals surface area contributed by atoms with Gasteiger partial charge in [-0.1, -0.05) is 46.7 Å². The van der Waals surface area contributed by atoms with Crippen LogP contribution in [-0.4, -0.2) is 23.8 Å². The van der Waals surface area contributed by atoms with Crippen LogP contribution in [0.3, 0.4) is 0 Å². The second-order valence-corrected chi connectivity index (χ2v) is 7.67. The van der Waals surface area contributed by atoms with Crippen LogP contribution in [0, 0.1) is 10.8 Å². The van der Waals surface area contributed by atoms with Crippen LogP contribution in [0.25, 0.3) is 0 Å². The van der Waals surface area contributed by atoms with Gasteiger partial charge in [0.25, 0.3) is 0 Å². The second kappa shape index (κ2) is 6.22. The number of nitrogens with two attached hydrogens (primary N) is 1. The third-order valence-corrected chi connectivity index (χ3v) is 3.21. The molecule has 116 valence electrons. The normalized spacial score (nSPS) is 16.2. The monoisotopic (exact) mass is 283 g/mol. The summed E-state index contributed by atoms with van der Waals surface area (Å²) in [5, 5.41) is 4.09. The van der Waals surface area contributed by atoms with Crippen molar-refractivity contribution in [2.45, 2.75) is 60.0 Å². The number of aromatic nitrogens is 2. The van der Waals surface area contributed by atoms with Crippen LogP contribution in [0.5, 0.6) is 0 Å². The minimum absolute atomic E-state index is 0.0852. The molecule has 0 aromatic carbocycles. The van der Waals surface area contributed by atoms with Gasteiger partial charge in [0, 0.05) is 13.7 Å². The Labute approximate surface area is 122 Å². The van der Waals surface area contributed by atoms with Gasteiger partial charge in [0.15, 0.2) is 0 Å². The molecule has 1 aromatic heterocycles. The molecule has 0 aliphatic carbocycles. The first kappa shape index (κ1) is 17.1. The summed E-state index contributed by atoms with van der Waals surface area (Å²) in [4.78, 5) is 4.52. The molecular formula is C15H29N3O2. The van der Waals surface area contributed by atoms with E-state index in [1.54, 1.807) is 7.11 Å². The van der Waals surface area contributed by atoms with E-state index < -0.39 is 0 Å². The maximum absolute atomic E-state index is 5.86. The Kier molecular flexibility index (Phi) is 5.33. The lowest BCUT2D eigenvalue weighted by Gasteiger charge is -2.26. The molecule has 5 heteroatoms. The first-order valence-electron chi connectivity index (χ1n) is 7.15. The van der Waals surface area contributed by atoms with E-state index in [2.05, 4.69) is 51.7 Å². The van der Waals surface area contributed by atoms with E-state index in [0.29, 0.717) is 18.3 Å². The van der Waals surface area contributed by atoms with Crippen LogP contribution in [-0.2, 0) is 4.74 Å². The molecule has 0 aliphatic rings. The lowest BCUT2D eigenvalue weighted by atomic mass is 9.84. The molecule has 0 saturated carbocycles. The van der Waals surface area contributed by atoms with E-state index in [-0.39, 0.29) is 22.9 Å². The molecular weight excluding hydrogens is 254 g/mol. The molecule has 0 aliphatic heterocycles. The Bertz CT molecular complexity index is 415. The van der Waals surface area contributed by atoms with Crippen molar-refractivity contribution in [3.63, 3.8) is 0 Å². The van der Waals surface area contributed by atoms with Crippen LogP contribution in [0.4, 0.5) is 0 Å². The predicted octanol–water partition coefficient (Wildman–Crippen LogP) is 3.28. The molecule has 2 unspecified atom stereocenters. The zero-order chi connectivity index (χ0) is 15.6. The van der Waals surface area contributed by atoms with E-state index in [0.717, 1.165) is 6.42 Å². The van der Waals surface area contributed by atoms with Gasteiger partial charge in [-0.3, -0.25) is 0 Å². The summed E-state index contributed by atoms with van der Waals surface area (Å²) >= 11 is 0. The summed E-state index contributed by atoms with van der Waals surface area (Å²) in [7, 11) is 1.67. The first-order chi connectivity index (χ1) is 9.08. The number of ether oxygens (including phenoxy) is 1. The highest BCUT2D eigenvalue weighted by Gasteiger charge is 2.32. The zero-order valence-corrected chi connectivity index (χ0v) is 13.9. The summed E-state index contributed by atoms with van der Waals surface area (Å²) in [6.07, 6.45) is 0.728. The molecule has 2 atom stereocenters. The van der Waals surface area contributed by atoms with Crippen molar-refractivity contribution in [2.75, 3.05) is 13.7 Å². The minimum atomic E-state index is -0.187. The first-order valence-corrected chi connectivity index (χ1v) is 7.15. The van der Waals surface area contributed by atoms with Gasteiger partial charge in [0.1, 0.15) is 6.10 Å². The van der Waals surface area contributed by atoms with Crippen molar-refractivity contribution in [3.8, 4) is 0 Å². The third-order valence-electron chi connectivity index (χ3n) is 3.21. The predicted molar refractivity (Wildman–Crippen MR) is 79.4 cm³/mol. The zero-order valence-electron chi connectivity index (χ0n) is 13.9. The van der Waals surface area contributed by atoms with E-state index in [4.69, 9.17) is 15.0 Å². The summed E-state index contributed by atoms with van der Waals surface area (Å²) in [5.41, 5.74) is 5.94. The highest BCUT2D eigenvalue weighted by Crippen LogP contribution is 2.35. The van der Waals surface area contributed by atoms with Gasteiger partial charge in [-0.15, -0.1) is 0 Å². The molecule has 5 nitrogen and oxygen atoms in total. The largest absolute Gasteiger partial charge is 0.373 e. The maximum Gasteiger partial charge on any atom is 0.231 e. The topological polar surface area (TPSA) is 74.2 Å². The lowest BCUT2D eigenvalue weighted by molar-refractivity contribution is 0.00718. The van der Waals surface area contributed by atoms with E-state index in [9.17, 15) is 0 Å². The van der Waals surface area contributed by atoms with Crippen LogP contribution >= 0.6 is 0 Å². The van der Waals surface area contributed by atoms with Gasteiger partial charge >= 0.3 is 0 Å². The summed E-state index contributed by atoms with van der Waals surface area (Å²) < 4.78 is 10.9. The van der Waals surface area contributed by atoms with Gasteiger partial charge in [-0.2, -0.15) is 4.98 Å². The Morgan fingerprint density at radius 3 is 2.20 bits per heavy atom. The minimum Gasteiger partial charge on any atom is -0.373 e. The Morgan fingerprint density at radius 2 is 1.80 bits per heavy atom. The SMILES string of the molecule is COC(c1noc(C(CN)CC(C)(C)C)n1)C(C)(C)C. The fourth-order valence-corrected chi connectivity index (χ4v) is 2.38.